The molecule has 2 N–H and O–H groups in total. The van der Waals surface area contributed by atoms with E-state index < -0.39 is 0 Å². The molecule has 2 rings (SSSR count). The van der Waals surface area contributed by atoms with Gasteiger partial charge in [-0.15, -0.1) is 0 Å². The van der Waals surface area contributed by atoms with Gasteiger partial charge in [0.1, 0.15) is 0 Å². The van der Waals surface area contributed by atoms with E-state index in [-0.39, 0.29) is 6.04 Å². The molecule has 0 saturated heterocycles. The van der Waals surface area contributed by atoms with Gasteiger partial charge in [0.15, 0.2) is 0 Å². The number of imidazole rings is 1. The summed E-state index contributed by atoms with van der Waals surface area (Å²) in [6, 6.07) is 0.782. The van der Waals surface area contributed by atoms with Gasteiger partial charge in [-0.25, -0.2) is 4.98 Å². The summed E-state index contributed by atoms with van der Waals surface area (Å²) in [7, 11) is 0. The Morgan fingerprint density at radius 2 is 2.19 bits per heavy atom. The highest BCUT2D eigenvalue weighted by Gasteiger charge is 2.29. The van der Waals surface area contributed by atoms with E-state index in [0.717, 1.165) is 12.3 Å². The van der Waals surface area contributed by atoms with Crippen molar-refractivity contribution in [1.82, 2.24) is 9.55 Å². The smallest absolute Gasteiger partial charge is 0.0951 e. The van der Waals surface area contributed by atoms with Crippen LogP contribution in [-0.2, 0) is 0 Å². The molecule has 1 unspecified atom stereocenters. The maximum Gasteiger partial charge on any atom is 0.0951 e. The summed E-state index contributed by atoms with van der Waals surface area (Å²) < 4.78 is 2.30. The summed E-state index contributed by atoms with van der Waals surface area (Å²) in [6.07, 6.45) is 7.48. The average molecular weight is 221 g/mol. The number of hydrogen-bond acceptors (Lipinski definition) is 2. The Morgan fingerprint density at radius 1 is 1.50 bits per heavy atom. The average Bonchev–Trinajstić information content (AvgIpc) is 2.59. The molecule has 0 bridgehead atoms. The lowest BCUT2D eigenvalue weighted by molar-refractivity contribution is 0.209. The maximum absolute atomic E-state index is 6.23. The third kappa shape index (κ3) is 2.29. The van der Waals surface area contributed by atoms with Crippen molar-refractivity contribution in [3.8, 4) is 0 Å². The Morgan fingerprint density at radius 3 is 2.75 bits per heavy atom. The quantitative estimate of drug-likeness (QED) is 0.849. The Kier molecular flexibility index (Phi) is 3.33. The molecule has 1 saturated carbocycles. The molecule has 1 aromatic heterocycles. The van der Waals surface area contributed by atoms with Crippen LogP contribution in [0.4, 0.5) is 0 Å². The molecule has 0 spiro atoms. The van der Waals surface area contributed by atoms with Crippen LogP contribution in [-0.4, -0.2) is 9.55 Å². The number of nitrogens with two attached hydrogens (primary N) is 1. The van der Waals surface area contributed by atoms with Crippen LogP contribution in [0.25, 0.3) is 0 Å². The molecule has 1 atom stereocenters. The second-order valence-corrected chi connectivity index (χ2v) is 5.69. The molecule has 0 aliphatic heterocycles. The molecule has 1 fully saturated rings. The predicted molar refractivity (Wildman–Crippen MR) is 66.0 cm³/mol. The van der Waals surface area contributed by atoms with Crippen LogP contribution in [0, 0.1) is 11.8 Å². The van der Waals surface area contributed by atoms with Gasteiger partial charge < -0.3 is 10.3 Å². The van der Waals surface area contributed by atoms with Crippen LogP contribution in [0.3, 0.4) is 0 Å². The minimum absolute atomic E-state index is 0.137. The standard InChI is InChI=1S/C13H23N3/c1-9(2)4-12(14)13-7-15-8-16(13)11-5-10(3)6-11/h7-12H,4-6,14H2,1-3H3. The van der Waals surface area contributed by atoms with Gasteiger partial charge in [-0.3, -0.25) is 0 Å². The van der Waals surface area contributed by atoms with Gasteiger partial charge in [0.05, 0.1) is 12.0 Å². The van der Waals surface area contributed by atoms with Gasteiger partial charge in [-0.05, 0) is 31.1 Å². The highest BCUT2D eigenvalue weighted by molar-refractivity contribution is 5.07. The highest BCUT2D eigenvalue weighted by atomic mass is 15.1. The van der Waals surface area contributed by atoms with E-state index in [9.17, 15) is 0 Å². The second kappa shape index (κ2) is 4.58. The van der Waals surface area contributed by atoms with Gasteiger partial charge in [-0.2, -0.15) is 0 Å². The minimum Gasteiger partial charge on any atom is -0.330 e. The summed E-state index contributed by atoms with van der Waals surface area (Å²) >= 11 is 0. The van der Waals surface area contributed by atoms with Crippen molar-refractivity contribution < 1.29 is 0 Å². The number of aromatic nitrogens is 2. The zero-order valence-electron chi connectivity index (χ0n) is 10.6. The van der Waals surface area contributed by atoms with Crippen molar-refractivity contribution in [2.24, 2.45) is 17.6 Å². The fourth-order valence-corrected chi connectivity index (χ4v) is 2.62. The lowest BCUT2D eigenvalue weighted by Gasteiger charge is -2.35. The monoisotopic (exact) mass is 221 g/mol. The molecule has 1 aliphatic rings. The van der Waals surface area contributed by atoms with Crippen molar-refractivity contribution in [3.63, 3.8) is 0 Å². The van der Waals surface area contributed by atoms with Crippen molar-refractivity contribution in [2.45, 2.75) is 52.1 Å². The van der Waals surface area contributed by atoms with Gasteiger partial charge >= 0.3 is 0 Å². The molecular weight excluding hydrogens is 198 g/mol. The molecule has 1 aliphatic carbocycles. The first-order valence-corrected chi connectivity index (χ1v) is 6.35. The fourth-order valence-electron chi connectivity index (χ4n) is 2.62. The largest absolute Gasteiger partial charge is 0.330 e. The fraction of sp³-hybridized carbons (Fsp3) is 0.769. The summed E-state index contributed by atoms with van der Waals surface area (Å²) in [6.45, 7) is 6.74. The lowest BCUT2D eigenvalue weighted by atomic mass is 9.81. The Labute approximate surface area is 98.1 Å². The van der Waals surface area contributed by atoms with E-state index in [1.54, 1.807) is 0 Å². The van der Waals surface area contributed by atoms with Crippen LogP contribution in [0.2, 0.25) is 0 Å². The number of nitrogens with zero attached hydrogens (tertiary/aromatic N) is 2. The van der Waals surface area contributed by atoms with Gasteiger partial charge in [0.25, 0.3) is 0 Å². The Hall–Kier alpha value is -0.830. The van der Waals surface area contributed by atoms with Gasteiger partial charge in [0.2, 0.25) is 0 Å². The molecule has 3 heteroatoms. The summed E-state index contributed by atoms with van der Waals surface area (Å²) in [5.41, 5.74) is 7.45. The highest BCUT2D eigenvalue weighted by Crippen LogP contribution is 2.38. The van der Waals surface area contributed by atoms with Crippen LogP contribution in [0.5, 0.6) is 0 Å². The first kappa shape index (κ1) is 11.6. The van der Waals surface area contributed by atoms with Crippen LogP contribution in [0.15, 0.2) is 12.5 Å². The van der Waals surface area contributed by atoms with Crippen molar-refractivity contribution >= 4 is 0 Å². The van der Waals surface area contributed by atoms with Crippen molar-refractivity contribution in [1.29, 1.82) is 0 Å². The first-order chi connectivity index (χ1) is 7.58. The van der Waals surface area contributed by atoms with E-state index in [1.165, 1.54) is 18.5 Å². The normalized spacial score (nSPS) is 26.8. The van der Waals surface area contributed by atoms with E-state index >= 15 is 0 Å². The molecule has 1 aromatic rings. The summed E-state index contributed by atoms with van der Waals surface area (Å²) in [5, 5.41) is 0. The van der Waals surface area contributed by atoms with Crippen LogP contribution >= 0.6 is 0 Å². The maximum atomic E-state index is 6.23. The van der Waals surface area contributed by atoms with E-state index in [2.05, 4.69) is 30.3 Å². The summed E-state index contributed by atoms with van der Waals surface area (Å²) in [5.74, 6) is 1.50. The molecule has 1 heterocycles. The Bertz CT molecular complexity index is 337. The predicted octanol–water partition coefficient (Wildman–Crippen LogP) is 2.90. The number of rotatable bonds is 4. The van der Waals surface area contributed by atoms with Crippen LogP contribution in [0.1, 0.15) is 57.8 Å². The SMILES string of the molecule is CC(C)CC(N)c1cncn1C1CC(C)C1. The molecular formula is C13H23N3. The second-order valence-electron chi connectivity index (χ2n) is 5.69. The zero-order chi connectivity index (χ0) is 11.7. The molecule has 90 valence electrons. The van der Waals surface area contributed by atoms with Crippen LogP contribution < -0.4 is 5.73 Å². The van der Waals surface area contributed by atoms with Gasteiger partial charge in [-0.1, -0.05) is 20.8 Å². The topological polar surface area (TPSA) is 43.8 Å². The van der Waals surface area contributed by atoms with Crippen molar-refractivity contribution in [3.05, 3.63) is 18.2 Å². The Balaban J connectivity index is 2.06. The van der Waals surface area contributed by atoms with E-state index in [4.69, 9.17) is 5.73 Å². The molecule has 16 heavy (non-hydrogen) atoms. The first-order valence-electron chi connectivity index (χ1n) is 6.35. The molecule has 0 radical (unpaired) electrons. The van der Waals surface area contributed by atoms with Crippen molar-refractivity contribution in [2.75, 3.05) is 0 Å². The van der Waals surface area contributed by atoms with Gasteiger partial charge in [0, 0.05) is 18.3 Å². The lowest BCUT2D eigenvalue weighted by Crippen LogP contribution is -2.27. The zero-order valence-corrected chi connectivity index (χ0v) is 10.6. The minimum atomic E-state index is 0.137. The summed E-state index contributed by atoms with van der Waals surface area (Å²) in [4.78, 5) is 4.26. The van der Waals surface area contributed by atoms with E-state index in [1.807, 2.05) is 12.5 Å². The molecule has 0 aromatic carbocycles. The third-order valence-corrected chi connectivity index (χ3v) is 3.54. The number of hydrogen-bond donors (Lipinski definition) is 1. The van der Waals surface area contributed by atoms with E-state index in [0.29, 0.717) is 12.0 Å². The molecule has 3 nitrogen and oxygen atoms in total. The third-order valence-electron chi connectivity index (χ3n) is 3.54. The molecule has 0 amide bonds.